The number of carbonyl (C=O) groups is 2. The Morgan fingerprint density at radius 2 is 2.40 bits per heavy atom. The molecule has 2 bridgehead atoms. The van der Waals surface area contributed by atoms with Crippen LogP contribution in [0.25, 0.3) is 0 Å². The number of aromatic nitrogens is 1. The van der Waals surface area contributed by atoms with Gasteiger partial charge in [-0.15, -0.1) is 11.3 Å². The van der Waals surface area contributed by atoms with Crippen LogP contribution in [0.5, 0.6) is 0 Å². The predicted molar refractivity (Wildman–Crippen MR) is 71.8 cm³/mol. The number of fused-ring (bicyclic) bond motifs is 2. The Kier molecular flexibility index (Phi) is 3.71. The number of carbonyl (C=O) groups excluding carboxylic acids is 2. The zero-order valence-electron chi connectivity index (χ0n) is 11.1. The van der Waals surface area contributed by atoms with Crippen LogP contribution in [0.2, 0.25) is 0 Å². The molecule has 7 heteroatoms. The van der Waals surface area contributed by atoms with Gasteiger partial charge in [0, 0.05) is 5.38 Å². The molecule has 1 N–H and O–H groups in total. The van der Waals surface area contributed by atoms with Crippen LogP contribution >= 0.6 is 11.3 Å². The molecule has 3 atom stereocenters. The molecule has 0 radical (unpaired) electrons. The highest BCUT2D eigenvalue weighted by molar-refractivity contribution is 7.11. The van der Waals surface area contributed by atoms with E-state index in [0.29, 0.717) is 6.61 Å². The van der Waals surface area contributed by atoms with Gasteiger partial charge in [0.25, 0.3) is 5.91 Å². The van der Waals surface area contributed by atoms with E-state index in [1.165, 1.54) is 0 Å². The molecular formula is C13H16N2O4S. The third-order valence-corrected chi connectivity index (χ3v) is 4.43. The molecule has 2 aliphatic rings. The summed E-state index contributed by atoms with van der Waals surface area (Å²) in [4.78, 5) is 27.6. The maximum Gasteiger partial charge on any atom is 0.367 e. The lowest BCUT2D eigenvalue weighted by Crippen LogP contribution is -2.41. The Balaban J connectivity index is 1.61. The van der Waals surface area contributed by atoms with E-state index in [0.717, 1.165) is 30.6 Å². The van der Waals surface area contributed by atoms with Crippen molar-refractivity contribution in [2.75, 3.05) is 6.61 Å². The van der Waals surface area contributed by atoms with Gasteiger partial charge in [0.1, 0.15) is 5.69 Å². The fourth-order valence-corrected chi connectivity index (χ4v) is 3.39. The van der Waals surface area contributed by atoms with Crippen molar-refractivity contribution in [2.45, 2.75) is 44.4 Å². The largest absolute Gasteiger partial charge is 0.461 e. The van der Waals surface area contributed by atoms with E-state index in [2.05, 4.69) is 10.3 Å². The first-order valence-corrected chi connectivity index (χ1v) is 7.64. The normalized spacial score (nSPS) is 27.6. The molecule has 108 valence electrons. The van der Waals surface area contributed by atoms with E-state index in [-0.39, 0.29) is 34.9 Å². The van der Waals surface area contributed by atoms with E-state index in [4.69, 9.17) is 9.47 Å². The molecule has 1 aromatic heterocycles. The van der Waals surface area contributed by atoms with Crippen molar-refractivity contribution in [1.82, 2.24) is 10.3 Å². The van der Waals surface area contributed by atoms with E-state index < -0.39 is 5.97 Å². The Hall–Kier alpha value is -1.47. The first-order chi connectivity index (χ1) is 9.67. The molecule has 20 heavy (non-hydrogen) atoms. The summed E-state index contributed by atoms with van der Waals surface area (Å²) in [6.07, 6.45) is 3.37. The van der Waals surface area contributed by atoms with E-state index in [9.17, 15) is 9.59 Å². The number of hydrogen-bond donors (Lipinski definition) is 1. The van der Waals surface area contributed by atoms with Crippen molar-refractivity contribution in [3.05, 3.63) is 16.1 Å². The number of rotatable bonds is 4. The summed E-state index contributed by atoms with van der Waals surface area (Å²) in [5.74, 6) is -0.738. The van der Waals surface area contributed by atoms with E-state index in [1.54, 1.807) is 12.3 Å². The van der Waals surface area contributed by atoms with Crippen LogP contribution in [0.15, 0.2) is 5.38 Å². The number of nitrogens with zero attached hydrogens (tertiary/aromatic N) is 1. The Morgan fingerprint density at radius 3 is 3.05 bits per heavy atom. The minimum Gasteiger partial charge on any atom is -0.461 e. The molecule has 3 heterocycles. The maximum atomic E-state index is 12.1. The van der Waals surface area contributed by atoms with Crippen LogP contribution in [0.1, 0.15) is 46.5 Å². The molecule has 0 saturated carbocycles. The summed E-state index contributed by atoms with van der Waals surface area (Å²) in [5, 5.41) is 4.73. The molecule has 2 saturated heterocycles. The summed E-state index contributed by atoms with van der Waals surface area (Å²) in [6, 6.07) is 0.0639. The summed E-state index contributed by atoms with van der Waals surface area (Å²) < 4.78 is 10.5. The van der Waals surface area contributed by atoms with Gasteiger partial charge in [-0.05, 0) is 26.2 Å². The second-order valence-electron chi connectivity index (χ2n) is 4.95. The van der Waals surface area contributed by atoms with Gasteiger partial charge < -0.3 is 14.8 Å². The Labute approximate surface area is 120 Å². The lowest BCUT2D eigenvalue weighted by atomic mass is 9.95. The Bertz CT molecular complexity index is 530. The summed E-state index contributed by atoms with van der Waals surface area (Å²) in [7, 11) is 0. The first kappa shape index (κ1) is 13.5. The van der Waals surface area contributed by atoms with Gasteiger partial charge in [0.15, 0.2) is 0 Å². The highest BCUT2D eigenvalue weighted by Crippen LogP contribution is 2.34. The first-order valence-electron chi connectivity index (χ1n) is 6.76. The standard InChI is InChI=1S/C13H16N2O4S/c1-2-18-13(17)12-15-9(6-20-12)11(16)14-8-5-7-3-4-10(8)19-7/h6-8,10H,2-5H2,1H3,(H,14,16). The molecule has 1 aromatic rings. The number of ether oxygens (including phenoxy) is 2. The van der Waals surface area contributed by atoms with Gasteiger partial charge in [0.2, 0.25) is 5.01 Å². The number of hydrogen-bond acceptors (Lipinski definition) is 6. The zero-order chi connectivity index (χ0) is 14.1. The number of nitrogens with one attached hydrogen (secondary N) is 1. The molecule has 0 spiro atoms. The van der Waals surface area contributed by atoms with Crippen LogP contribution in [-0.4, -0.2) is 41.7 Å². The van der Waals surface area contributed by atoms with Crippen molar-refractivity contribution < 1.29 is 19.1 Å². The van der Waals surface area contributed by atoms with E-state index in [1.807, 2.05) is 0 Å². The monoisotopic (exact) mass is 296 g/mol. The van der Waals surface area contributed by atoms with Gasteiger partial charge in [-0.2, -0.15) is 0 Å². The van der Waals surface area contributed by atoms with Crippen LogP contribution in [0, 0.1) is 0 Å². The summed E-state index contributed by atoms with van der Waals surface area (Å²) >= 11 is 1.12. The van der Waals surface area contributed by atoms with Gasteiger partial charge >= 0.3 is 5.97 Å². The van der Waals surface area contributed by atoms with E-state index >= 15 is 0 Å². The minimum atomic E-state index is -0.486. The highest BCUT2D eigenvalue weighted by atomic mass is 32.1. The fraction of sp³-hybridized carbons (Fsp3) is 0.615. The minimum absolute atomic E-state index is 0.0639. The molecule has 3 rings (SSSR count). The third-order valence-electron chi connectivity index (χ3n) is 3.61. The quantitative estimate of drug-likeness (QED) is 0.849. The lowest BCUT2D eigenvalue weighted by molar-refractivity contribution is 0.0526. The van der Waals surface area contributed by atoms with Crippen molar-refractivity contribution in [3.63, 3.8) is 0 Å². The van der Waals surface area contributed by atoms with Gasteiger partial charge in [0.05, 0.1) is 24.9 Å². The molecule has 0 aliphatic carbocycles. The number of esters is 1. The SMILES string of the molecule is CCOC(=O)c1nc(C(=O)NC2CC3CCC2O3)cs1. The summed E-state index contributed by atoms with van der Waals surface area (Å²) in [5.41, 5.74) is 0.265. The molecule has 1 amide bonds. The van der Waals surface area contributed by atoms with Crippen LogP contribution in [-0.2, 0) is 9.47 Å². The molecule has 3 unspecified atom stereocenters. The average Bonchev–Trinajstić information content (AvgIpc) is 3.15. The lowest BCUT2D eigenvalue weighted by Gasteiger charge is -2.19. The zero-order valence-corrected chi connectivity index (χ0v) is 11.9. The third kappa shape index (κ3) is 2.55. The van der Waals surface area contributed by atoms with Gasteiger partial charge in [-0.1, -0.05) is 0 Å². The fourth-order valence-electron chi connectivity index (χ4n) is 2.70. The summed E-state index contributed by atoms with van der Waals surface area (Å²) in [6.45, 7) is 2.02. The van der Waals surface area contributed by atoms with Crippen LogP contribution in [0.4, 0.5) is 0 Å². The van der Waals surface area contributed by atoms with Crippen LogP contribution in [0.3, 0.4) is 0 Å². The van der Waals surface area contributed by atoms with Crippen molar-refractivity contribution in [1.29, 1.82) is 0 Å². The Morgan fingerprint density at radius 1 is 1.55 bits per heavy atom. The average molecular weight is 296 g/mol. The predicted octanol–water partition coefficient (Wildman–Crippen LogP) is 1.37. The second-order valence-corrected chi connectivity index (χ2v) is 5.81. The van der Waals surface area contributed by atoms with Crippen LogP contribution < -0.4 is 5.32 Å². The molecule has 6 nitrogen and oxygen atoms in total. The molecular weight excluding hydrogens is 280 g/mol. The van der Waals surface area contributed by atoms with Crippen molar-refractivity contribution in [2.24, 2.45) is 0 Å². The second kappa shape index (κ2) is 5.49. The van der Waals surface area contributed by atoms with Crippen molar-refractivity contribution >= 4 is 23.2 Å². The molecule has 2 fully saturated rings. The topological polar surface area (TPSA) is 77.5 Å². The number of thiazole rings is 1. The van der Waals surface area contributed by atoms with Gasteiger partial charge in [-0.25, -0.2) is 9.78 Å². The molecule has 2 aliphatic heterocycles. The van der Waals surface area contributed by atoms with Crippen molar-refractivity contribution in [3.8, 4) is 0 Å². The smallest absolute Gasteiger partial charge is 0.367 e. The molecule has 0 aromatic carbocycles. The number of amides is 1. The van der Waals surface area contributed by atoms with Gasteiger partial charge in [-0.3, -0.25) is 4.79 Å². The highest BCUT2D eigenvalue weighted by Gasteiger charge is 2.41. The maximum absolute atomic E-state index is 12.1.